The van der Waals surface area contributed by atoms with Crippen molar-refractivity contribution in [2.45, 2.75) is 6.42 Å². The molecule has 1 aromatic rings. The number of rotatable bonds is 4. The van der Waals surface area contributed by atoms with E-state index in [0.717, 1.165) is 24.0 Å². The average molecular weight is 256 g/mol. The molecule has 6 heteroatoms. The third kappa shape index (κ3) is 2.88. The van der Waals surface area contributed by atoms with E-state index >= 15 is 0 Å². The molecule has 0 aliphatic carbocycles. The fraction of sp³-hybridized carbons (Fsp3) is 0.455. The molecular weight excluding hydrogens is 243 g/mol. The summed E-state index contributed by atoms with van der Waals surface area (Å²) in [5, 5.41) is 11.7. The molecule has 1 fully saturated rings. The van der Waals surface area contributed by atoms with E-state index in [4.69, 9.17) is 5.11 Å². The summed E-state index contributed by atoms with van der Waals surface area (Å²) in [6.45, 7) is 0.639. The van der Waals surface area contributed by atoms with Gasteiger partial charge >= 0.3 is 5.97 Å². The molecule has 0 bridgehead atoms. The summed E-state index contributed by atoms with van der Waals surface area (Å²) in [5.41, 5.74) is -0.344. The van der Waals surface area contributed by atoms with Crippen LogP contribution in [0, 0.1) is 11.7 Å². The molecule has 92 valence electrons. The fourth-order valence-corrected chi connectivity index (χ4v) is 3.00. The van der Waals surface area contributed by atoms with Crippen molar-refractivity contribution in [3.8, 4) is 0 Å². The quantitative estimate of drug-likeness (QED) is 0.863. The van der Waals surface area contributed by atoms with Crippen LogP contribution >= 0.6 is 11.8 Å². The number of aromatic carboxylic acids is 1. The molecule has 0 aromatic carbocycles. The Hall–Kier alpha value is -1.30. The van der Waals surface area contributed by atoms with Gasteiger partial charge in [0.15, 0.2) is 11.6 Å². The van der Waals surface area contributed by atoms with Crippen molar-refractivity contribution >= 4 is 23.5 Å². The highest BCUT2D eigenvalue weighted by atomic mass is 32.2. The third-order valence-corrected chi connectivity index (χ3v) is 3.93. The van der Waals surface area contributed by atoms with E-state index in [0.29, 0.717) is 12.5 Å². The average Bonchev–Trinajstić information content (AvgIpc) is 2.80. The van der Waals surface area contributed by atoms with Gasteiger partial charge < -0.3 is 10.4 Å². The summed E-state index contributed by atoms with van der Waals surface area (Å²) in [6.07, 6.45) is 2.41. The van der Waals surface area contributed by atoms with Gasteiger partial charge in [-0.2, -0.15) is 11.8 Å². The second kappa shape index (κ2) is 5.35. The normalized spacial score (nSPS) is 19.2. The summed E-state index contributed by atoms with van der Waals surface area (Å²) >= 11 is 1.88. The summed E-state index contributed by atoms with van der Waals surface area (Å²) in [4.78, 5) is 14.6. The van der Waals surface area contributed by atoms with Crippen molar-refractivity contribution in [3.05, 3.63) is 23.6 Å². The first-order chi connectivity index (χ1) is 8.18. The molecule has 0 spiro atoms. The minimum atomic E-state index is -1.27. The minimum Gasteiger partial charge on any atom is -0.478 e. The van der Waals surface area contributed by atoms with E-state index in [2.05, 4.69) is 10.3 Å². The predicted octanol–water partition coefficient (Wildman–Crippen LogP) is 2.08. The Kier molecular flexibility index (Phi) is 3.83. The van der Waals surface area contributed by atoms with Gasteiger partial charge in [0.05, 0.1) is 0 Å². The summed E-state index contributed by atoms with van der Waals surface area (Å²) in [6, 6.07) is 1.16. The fourth-order valence-electron chi connectivity index (χ4n) is 1.72. The van der Waals surface area contributed by atoms with Crippen LogP contribution in [0.3, 0.4) is 0 Å². The highest BCUT2D eigenvalue weighted by Crippen LogP contribution is 2.24. The Bertz CT molecular complexity index is 422. The van der Waals surface area contributed by atoms with E-state index in [1.165, 1.54) is 6.20 Å². The first-order valence-electron chi connectivity index (χ1n) is 5.38. The lowest BCUT2D eigenvalue weighted by Gasteiger charge is -2.11. The molecule has 0 amide bonds. The summed E-state index contributed by atoms with van der Waals surface area (Å²) in [5.74, 6) is 0.677. The van der Waals surface area contributed by atoms with Crippen molar-refractivity contribution in [1.82, 2.24) is 4.98 Å². The number of pyridine rings is 1. The van der Waals surface area contributed by atoms with Gasteiger partial charge in [0.1, 0.15) is 5.56 Å². The Morgan fingerprint density at radius 3 is 3.18 bits per heavy atom. The molecule has 2 rings (SSSR count). The molecular formula is C11H13FN2O2S. The second-order valence-electron chi connectivity index (χ2n) is 3.94. The number of carboxylic acid groups (broad SMARTS) is 1. The second-order valence-corrected chi connectivity index (χ2v) is 5.09. The van der Waals surface area contributed by atoms with Crippen LogP contribution in [0.2, 0.25) is 0 Å². The maximum atomic E-state index is 13.7. The zero-order chi connectivity index (χ0) is 12.3. The standard InChI is InChI=1S/C11H13FN2O2S/c12-9-8(11(15)16)1-3-13-10(9)14-5-7-2-4-17-6-7/h1,3,7H,2,4-6H2,(H,13,14)(H,15,16). The van der Waals surface area contributed by atoms with E-state index in [1.54, 1.807) is 0 Å². The van der Waals surface area contributed by atoms with Crippen LogP contribution in [-0.4, -0.2) is 34.1 Å². The number of halogens is 1. The lowest BCUT2D eigenvalue weighted by atomic mass is 10.1. The van der Waals surface area contributed by atoms with E-state index < -0.39 is 11.8 Å². The van der Waals surface area contributed by atoms with Gasteiger partial charge in [0.2, 0.25) is 0 Å². The van der Waals surface area contributed by atoms with Crippen molar-refractivity contribution < 1.29 is 14.3 Å². The molecule has 2 heterocycles. The molecule has 0 saturated carbocycles. The largest absolute Gasteiger partial charge is 0.478 e. The smallest absolute Gasteiger partial charge is 0.338 e. The molecule has 1 unspecified atom stereocenters. The van der Waals surface area contributed by atoms with Crippen LogP contribution < -0.4 is 5.32 Å². The number of anilines is 1. The number of carbonyl (C=O) groups is 1. The Labute approximate surface area is 103 Å². The number of carboxylic acids is 1. The Morgan fingerprint density at radius 1 is 1.71 bits per heavy atom. The number of thioether (sulfide) groups is 1. The van der Waals surface area contributed by atoms with Gasteiger partial charge in [0.25, 0.3) is 0 Å². The van der Waals surface area contributed by atoms with Crippen LogP contribution in [0.4, 0.5) is 10.2 Å². The van der Waals surface area contributed by atoms with E-state index in [9.17, 15) is 9.18 Å². The zero-order valence-corrected chi connectivity index (χ0v) is 9.97. The van der Waals surface area contributed by atoms with Crippen LogP contribution in [-0.2, 0) is 0 Å². The van der Waals surface area contributed by atoms with Crippen molar-refractivity contribution in [1.29, 1.82) is 0 Å². The molecule has 0 radical (unpaired) electrons. The van der Waals surface area contributed by atoms with Gasteiger partial charge in [-0.05, 0) is 29.9 Å². The number of nitrogens with zero attached hydrogens (tertiary/aromatic N) is 1. The monoisotopic (exact) mass is 256 g/mol. The van der Waals surface area contributed by atoms with Gasteiger partial charge in [-0.3, -0.25) is 0 Å². The van der Waals surface area contributed by atoms with Crippen molar-refractivity contribution in [2.75, 3.05) is 23.4 Å². The molecule has 1 saturated heterocycles. The highest BCUT2D eigenvalue weighted by Gasteiger charge is 2.18. The third-order valence-electron chi connectivity index (χ3n) is 2.70. The number of hydrogen-bond acceptors (Lipinski definition) is 4. The maximum absolute atomic E-state index is 13.7. The van der Waals surface area contributed by atoms with Gasteiger partial charge in [-0.1, -0.05) is 0 Å². The van der Waals surface area contributed by atoms with Gasteiger partial charge in [0, 0.05) is 12.7 Å². The number of aromatic nitrogens is 1. The lowest BCUT2D eigenvalue weighted by molar-refractivity contribution is 0.0692. The number of nitrogens with one attached hydrogen (secondary N) is 1. The SMILES string of the molecule is O=C(O)c1ccnc(NCC2CCSC2)c1F. The van der Waals surface area contributed by atoms with Crippen LogP contribution in [0.15, 0.2) is 12.3 Å². The minimum absolute atomic E-state index is 0.0294. The Balaban J connectivity index is 2.04. The molecule has 2 N–H and O–H groups in total. The lowest BCUT2D eigenvalue weighted by Crippen LogP contribution is -2.16. The summed E-state index contributed by atoms with van der Waals surface area (Å²) in [7, 11) is 0. The van der Waals surface area contributed by atoms with Crippen molar-refractivity contribution in [2.24, 2.45) is 5.92 Å². The molecule has 17 heavy (non-hydrogen) atoms. The van der Waals surface area contributed by atoms with Crippen LogP contribution in [0.25, 0.3) is 0 Å². The predicted molar refractivity (Wildman–Crippen MR) is 65.1 cm³/mol. The highest BCUT2D eigenvalue weighted by molar-refractivity contribution is 7.99. The number of hydrogen-bond donors (Lipinski definition) is 2. The summed E-state index contributed by atoms with van der Waals surface area (Å²) < 4.78 is 13.7. The van der Waals surface area contributed by atoms with Crippen LogP contribution in [0.1, 0.15) is 16.8 Å². The van der Waals surface area contributed by atoms with E-state index in [-0.39, 0.29) is 11.4 Å². The molecule has 1 aliphatic heterocycles. The van der Waals surface area contributed by atoms with Crippen LogP contribution in [0.5, 0.6) is 0 Å². The van der Waals surface area contributed by atoms with Gasteiger partial charge in [-0.25, -0.2) is 14.2 Å². The molecule has 1 aromatic heterocycles. The molecule has 1 atom stereocenters. The molecule has 4 nitrogen and oxygen atoms in total. The topological polar surface area (TPSA) is 62.2 Å². The Morgan fingerprint density at radius 2 is 2.53 bits per heavy atom. The molecule has 1 aliphatic rings. The van der Waals surface area contributed by atoms with Crippen molar-refractivity contribution in [3.63, 3.8) is 0 Å². The first kappa shape index (κ1) is 12.2. The first-order valence-corrected chi connectivity index (χ1v) is 6.53. The van der Waals surface area contributed by atoms with Gasteiger partial charge in [-0.15, -0.1) is 0 Å². The van der Waals surface area contributed by atoms with E-state index in [1.807, 2.05) is 11.8 Å². The zero-order valence-electron chi connectivity index (χ0n) is 9.15. The maximum Gasteiger partial charge on any atom is 0.338 e.